The number of para-hydroxylation sites is 10. The number of nitrogens with zero attached hydrogens (tertiary/aromatic N) is 6. The molecule has 0 spiro atoms. The third-order valence-corrected chi connectivity index (χ3v) is 23.2. The predicted octanol–water partition coefficient (Wildman–Crippen LogP) is 20.2. The quantitative estimate of drug-likeness (QED) is 0.121. The van der Waals surface area contributed by atoms with E-state index in [0.29, 0.717) is 0 Å². The molecule has 522 valence electrons. The average Bonchev–Trinajstić information content (AvgIpc) is 0.694. The molecule has 6 aliphatic heterocycles. The van der Waals surface area contributed by atoms with Gasteiger partial charge >= 0.3 is 0 Å². The van der Waals surface area contributed by atoms with E-state index in [9.17, 15) is 0 Å². The second-order valence-corrected chi connectivity index (χ2v) is 29.8. The molecule has 16 aromatic rings. The first-order valence-corrected chi connectivity index (χ1v) is 38.3. The monoisotopic (exact) mass is 1420 g/mol. The molecule has 22 rings (SSSR count). The van der Waals surface area contributed by atoms with Gasteiger partial charge in [0.05, 0.1) is 22.7 Å². The summed E-state index contributed by atoms with van der Waals surface area (Å²) in [5, 5.41) is 4.19. The van der Waals surface area contributed by atoms with Crippen LogP contribution < -0.4 is 93.4 Å². The number of nitrogens with one attached hydrogen (secondary N) is 1. The second-order valence-electron chi connectivity index (χ2n) is 29.8. The van der Waals surface area contributed by atoms with E-state index in [1.165, 1.54) is 49.5 Å². The van der Waals surface area contributed by atoms with Crippen molar-refractivity contribution < 1.29 is 9.47 Å². The zero-order valence-corrected chi connectivity index (χ0v) is 61.4. The Kier molecular flexibility index (Phi) is 14.8. The molecule has 111 heavy (non-hydrogen) atoms. The average molecular weight is 1420 g/mol. The lowest BCUT2D eigenvalue weighted by atomic mass is 9.29. The van der Waals surface area contributed by atoms with E-state index in [4.69, 9.17) is 9.47 Å². The fraction of sp³-hybridized carbons (Fsp3) is 0.0303. The van der Waals surface area contributed by atoms with Gasteiger partial charge in [-0.1, -0.05) is 212 Å². The first kappa shape index (κ1) is 64.1. The van der Waals surface area contributed by atoms with Gasteiger partial charge in [-0.3, -0.25) is 0 Å². The summed E-state index contributed by atoms with van der Waals surface area (Å²) in [4.78, 5) is 14.7. The van der Waals surface area contributed by atoms with Crippen molar-refractivity contribution in [3.63, 3.8) is 0 Å². The Balaban J connectivity index is 0.810. The maximum atomic E-state index is 7.90. The van der Waals surface area contributed by atoms with Gasteiger partial charge in [0.15, 0.2) is 0 Å². The maximum Gasteiger partial charge on any atom is 0.260 e. The molecular weight excluding hydrogens is 1350 g/mol. The van der Waals surface area contributed by atoms with E-state index >= 15 is 0 Å². The summed E-state index contributed by atoms with van der Waals surface area (Å²) in [5.74, 6) is 3.03. The van der Waals surface area contributed by atoms with Gasteiger partial charge in [-0.2, -0.15) is 0 Å². The molecule has 0 saturated heterocycles. The third kappa shape index (κ3) is 10.2. The highest BCUT2D eigenvalue weighted by Crippen LogP contribution is 2.53. The number of hydrogen-bond donors (Lipinski definition) is 1. The van der Waals surface area contributed by atoms with Gasteiger partial charge in [0.1, 0.15) is 23.0 Å². The molecule has 12 heteroatoms. The Morgan fingerprint density at radius 3 is 1.05 bits per heavy atom. The van der Waals surface area contributed by atoms with Crippen LogP contribution in [0.2, 0.25) is 0 Å². The number of ether oxygens (including phenoxy) is 2. The van der Waals surface area contributed by atoms with E-state index in [2.05, 4.69) is 419 Å². The molecule has 9 nitrogen and oxygen atoms in total. The van der Waals surface area contributed by atoms with E-state index in [0.717, 1.165) is 153 Å². The molecule has 16 aromatic carbocycles. The molecule has 0 fully saturated rings. The second kappa shape index (κ2) is 25.5. The fourth-order valence-corrected chi connectivity index (χ4v) is 18.9. The predicted molar refractivity (Wildman–Crippen MR) is 465 cm³/mol. The lowest BCUT2D eigenvalue weighted by Crippen LogP contribution is -2.65. The number of fused-ring (bicyclic) bond motifs is 12. The Morgan fingerprint density at radius 2 is 0.595 bits per heavy atom. The van der Waals surface area contributed by atoms with E-state index in [1.807, 2.05) is 0 Å². The highest BCUT2D eigenvalue weighted by atomic mass is 16.5. The molecule has 0 aromatic heterocycles. The zero-order valence-electron chi connectivity index (χ0n) is 61.4. The van der Waals surface area contributed by atoms with E-state index < -0.39 is 0 Å². The highest BCUT2D eigenvalue weighted by molar-refractivity contribution is 7.03. The number of aryl methyl sites for hydroxylation is 3. The first-order valence-electron chi connectivity index (χ1n) is 38.3. The molecule has 0 amide bonds. The molecule has 0 bridgehead atoms. The van der Waals surface area contributed by atoms with Crippen LogP contribution in [0, 0.1) is 20.8 Å². The van der Waals surface area contributed by atoms with Crippen molar-refractivity contribution in [3.05, 3.63) is 381 Å². The van der Waals surface area contributed by atoms with Crippen molar-refractivity contribution >= 4 is 183 Å². The normalized spacial score (nSPS) is 13.1. The largest absolute Gasteiger partial charge is 0.458 e. The van der Waals surface area contributed by atoms with Crippen molar-refractivity contribution in [2.75, 3.05) is 34.7 Å². The van der Waals surface area contributed by atoms with Gasteiger partial charge in [0.2, 0.25) is 0 Å². The van der Waals surface area contributed by atoms with Crippen molar-refractivity contribution in [1.82, 2.24) is 0 Å². The Morgan fingerprint density at radius 1 is 0.243 bits per heavy atom. The van der Waals surface area contributed by atoms with Crippen molar-refractivity contribution in [3.8, 4) is 23.0 Å². The maximum absolute atomic E-state index is 7.90. The van der Waals surface area contributed by atoms with Crippen LogP contribution in [0.25, 0.3) is 0 Å². The minimum atomic E-state index is -0.369. The van der Waals surface area contributed by atoms with E-state index in [-0.39, 0.29) is 20.1 Å². The van der Waals surface area contributed by atoms with Crippen LogP contribution in [0.3, 0.4) is 0 Å². The molecule has 0 aliphatic carbocycles. The van der Waals surface area contributed by atoms with Crippen LogP contribution in [-0.4, -0.2) is 20.1 Å². The first-order chi connectivity index (χ1) is 54.8. The molecule has 6 heterocycles. The minimum Gasteiger partial charge on any atom is -0.458 e. The van der Waals surface area contributed by atoms with Gasteiger partial charge in [0.25, 0.3) is 20.1 Å². The lowest BCUT2D eigenvalue weighted by Gasteiger charge is -2.46. The summed E-state index contributed by atoms with van der Waals surface area (Å²) in [6.07, 6.45) is 0. The fourth-order valence-electron chi connectivity index (χ4n) is 18.9. The van der Waals surface area contributed by atoms with Crippen molar-refractivity contribution in [2.45, 2.75) is 20.8 Å². The van der Waals surface area contributed by atoms with Crippen LogP contribution in [-0.2, 0) is 0 Å². The van der Waals surface area contributed by atoms with Gasteiger partial charge < -0.3 is 44.2 Å². The molecule has 0 radical (unpaired) electrons. The summed E-state index contributed by atoms with van der Waals surface area (Å²) < 4.78 is 15.6. The smallest absolute Gasteiger partial charge is 0.260 e. The Hall–Kier alpha value is -14.1. The highest BCUT2D eigenvalue weighted by Gasteiger charge is 2.50. The lowest BCUT2D eigenvalue weighted by molar-refractivity contribution is 0.465. The molecule has 0 unspecified atom stereocenters. The Bertz CT molecular complexity index is 6260. The van der Waals surface area contributed by atoms with Crippen LogP contribution in [0.1, 0.15) is 16.7 Å². The number of benzene rings is 16. The Labute approximate surface area is 647 Å². The SMILES string of the molecule is Cc1cc(C)c(N2c3cc4c(cc3B3c5ccccc5N(c5ccccc5)c5cc(N(c6ccccc6)c6ccccc6)cc2c53)B2c3cc5c(cc3Oc3cc(N(c6ccccc6)c6ccccc6)cc(c32)O4)Nc2cc(N(c3ccccc3)c3ccccc3)cc3c2B5c2ccccc2N3c2ccccc2)c(C)c1. The standard InChI is InChI=1S/C99H70B3N7O2/c1-64-52-65(2)99(66(3)53-64)109-88-63-93-83(61-81(88)101-79-49-29-31-51-87(79)108(74-46-26-11-27-47-74)90-56-76(57-91(109)97(90)101)105(69-36-16-6-17-37-69)70-38-18-7-19-39-70)102-82-60-80-84(62-92(82)110-94-58-77(59-95(111-93)98(94)102)106(71-40-20-8-21-41-71)72-42-22-9-23-43-72)103-85-54-75(104(67-32-12-4-13-33-67)68-34-14-5-15-35-68)55-89-96(85)100(80)78-48-28-30-50-86(78)107(89)73-44-24-10-25-45-73/h4-63,103H,1-3H3. The summed E-state index contributed by atoms with van der Waals surface area (Å²) in [7, 11) is 0. The summed E-state index contributed by atoms with van der Waals surface area (Å²) in [6.45, 7) is 5.98. The zero-order chi connectivity index (χ0) is 73.5. The minimum absolute atomic E-state index is 0.194. The van der Waals surface area contributed by atoms with Crippen molar-refractivity contribution in [2.24, 2.45) is 0 Å². The van der Waals surface area contributed by atoms with Crippen molar-refractivity contribution in [1.29, 1.82) is 0 Å². The molecule has 6 aliphatic rings. The van der Waals surface area contributed by atoms with Crippen LogP contribution >= 0.6 is 0 Å². The third-order valence-electron chi connectivity index (χ3n) is 23.2. The van der Waals surface area contributed by atoms with Gasteiger partial charge in [-0.05, 0) is 209 Å². The van der Waals surface area contributed by atoms with E-state index in [1.54, 1.807) is 0 Å². The van der Waals surface area contributed by atoms with Crippen LogP contribution in [0.5, 0.6) is 23.0 Å². The number of anilines is 20. The van der Waals surface area contributed by atoms with Gasteiger partial charge in [0, 0.05) is 121 Å². The number of rotatable bonds is 12. The van der Waals surface area contributed by atoms with Crippen LogP contribution in [0.15, 0.2) is 364 Å². The summed E-state index contributed by atoms with van der Waals surface area (Å²) in [5.41, 5.74) is 35.0. The molecule has 0 saturated carbocycles. The van der Waals surface area contributed by atoms with Crippen LogP contribution in [0.4, 0.5) is 114 Å². The summed E-state index contributed by atoms with van der Waals surface area (Å²) >= 11 is 0. The summed E-state index contributed by atoms with van der Waals surface area (Å²) in [6, 6.07) is 133. The topological polar surface area (TPSA) is 49.9 Å². The number of hydrogen-bond acceptors (Lipinski definition) is 9. The van der Waals surface area contributed by atoms with Gasteiger partial charge in [-0.15, -0.1) is 0 Å². The van der Waals surface area contributed by atoms with Gasteiger partial charge in [-0.25, -0.2) is 0 Å². The molecule has 0 atom stereocenters. The molecular formula is C99H70B3N7O2. The molecule has 1 N–H and O–H groups in total.